The number of likely N-dealkylation sites (tertiary alicyclic amines) is 2. The molecular formula is C38H47F6N3O4S. The fourth-order valence-electron chi connectivity index (χ4n) is 7.00. The topological polar surface area (TPSA) is 83.0 Å². The molecule has 286 valence electrons. The van der Waals surface area contributed by atoms with Crippen molar-refractivity contribution in [1.29, 1.82) is 0 Å². The summed E-state index contributed by atoms with van der Waals surface area (Å²) in [6.07, 6.45) is -0.560. The van der Waals surface area contributed by atoms with E-state index < -0.39 is 46.4 Å². The van der Waals surface area contributed by atoms with Crippen LogP contribution in [0.2, 0.25) is 0 Å². The number of amides is 2. The number of pyridine rings is 1. The normalized spacial score (nSPS) is 18.5. The van der Waals surface area contributed by atoms with Gasteiger partial charge in [0.15, 0.2) is 0 Å². The zero-order valence-electron chi connectivity index (χ0n) is 29.5. The van der Waals surface area contributed by atoms with Crippen molar-refractivity contribution in [3.05, 3.63) is 81.3 Å². The maximum Gasteiger partial charge on any atom is 0.425 e. The molecule has 1 N–H and O–H groups in total. The molecule has 3 aromatic rings. The van der Waals surface area contributed by atoms with Crippen LogP contribution in [-0.2, 0) is 28.3 Å². The van der Waals surface area contributed by atoms with Gasteiger partial charge in [0.1, 0.15) is 16.3 Å². The highest BCUT2D eigenvalue weighted by molar-refractivity contribution is 7.10. The van der Waals surface area contributed by atoms with Crippen LogP contribution in [0.5, 0.6) is 5.75 Å². The number of carbonyl (C=O) groups is 2. The smallest absolute Gasteiger partial charge is 0.425 e. The Morgan fingerprint density at radius 2 is 1.67 bits per heavy atom. The minimum Gasteiger partial charge on any atom is -0.507 e. The summed E-state index contributed by atoms with van der Waals surface area (Å²) in [5.74, 6) is -1.13. The van der Waals surface area contributed by atoms with Crippen LogP contribution in [0.3, 0.4) is 0 Å². The molecule has 2 saturated heterocycles. The summed E-state index contributed by atoms with van der Waals surface area (Å²) in [6, 6.07) is 10.8. The van der Waals surface area contributed by atoms with Crippen LogP contribution in [0.25, 0.3) is 0 Å². The van der Waals surface area contributed by atoms with Crippen molar-refractivity contribution < 1.29 is 45.8 Å². The molecular weight excluding hydrogens is 708 g/mol. The SMILES string of the molecule is CCCCOCCc1ccccc1C1CCN(C(=O)C2CCCN(C(=O)c3ncccc3C(F)(F)F)C2CCC)CC1.Oc1csc(C(F)(F)F)c1. The van der Waals surface area contributed by atoms with Gasteiger partial charge in [0.25, 0.3) is 5.91 Å². The van der Waals surface area contributed by atoms with E-state index in [2.05, 4.69) is 36.2 Å². The minimum absolute atomic E-state index is 0.0130. The van der Waals surface area contributed by atoms with Gasteiger partial charge in [-0.25, -0.2) is 0 Å². The quantitative estimate of drug-likeness (QED) is 0.156. The van der Waals surface area contributed by atoms with E-state index in [1.165, 1.54) is 28.3 Å². The highest BCUT2D eigenvalue weighted by atomic mass is 32.1. The number of halogens is 6. The molecule has 2 fully saturated rings. The lowest BCUT2D eigenvalue weighted by atomic mass is 9.82. The summed E-state index contributed by atoms with van der Waals surface area (Å²) in [7, 11) is 0. The van der Waals surface area contributed by atoms with Gasteiger partial charge in [0.05, 0.1) is 18.1 Å². The van der Waals surface area contributed by atoms with Gasteiger partial charge in [0, 0.05) is 49.9 Å². The summed E-state index contributed by atoms with van der Waals surface area (Å²) in [4.78, 5) is 33.8. The van der Waals surface area contributed by atoms with E-state index >= 15 is 0 Å². The molecule has 0 bridgehead atoms. The largest absolute Gasteiger partial charge is 0.507 e. The lowest BCUT2D eigenvalue weighted by Crippen LogP contribution is -2.54. The van der Waals surface area contributed by atoms with Gasteiger partial charge in [-0.2, -0.15) is 26.3 Å². The molecule has 2 aliphatic heterocycles. The maximum absolute atomic E-state index is 13.9. The first-order valence-corrected chi connectivity index (χ1v) is 18.8. The van der Waals surface area contributed by atoms with E-state index in [1.807, 2.05) is 11.8 Å². The molecule has 52 heavy (non-hydrogen) atoms. The number of unbranched alkanes of at least 4 members (excludes halogenated alkanes) is 1. The number of aromatic hydroxyl groups is 1. The molecule has 0 aliphatic carbocycles. The number of alkyl halides is 6. The van der Waals surface area contributed by atoms with Crippen molar-refractivity contribution in [3.8, 4) is 5.75 Å². The number of nitrogens with zero attached hydrogens (tertiary/aromatic N) is 3. The number of hydrogen-bond donors (Lipinski definition) is 1. The van der Waals surface area contributed by atoms with Crippen molar-refractivity contribution in [2.45, 2.75) is 95.9 Å². The summed E-state index contributed by atoms with van der Waals surface area (Å²) < 4.78 is 81.9. The first kappa shape index (κ1) is 41.1. The molecule has 5 rings (SSSR count). The summed E-state index contributed by atoms with van der Waals surface area (Å²) in [5, 5.41) is 9.57. The Labute approximate surface area is 305 Å². The second-order valence-corrected chi connectivity index (χ2v) is 14.1. The van der Waals surface area contributed by atoms with Gasteiger partial charge in [-0.3, -0.25) is 14.6 Å². The Morgan fingerprint density at radius 3 is 2.29 bits per heavy atom. The molecule has 0 spiro atoms. The Hall–Kier alpha value is -3.65. The predicted molar refractivity (Wildman–Crippen MR) is 187 cm³/mol. The molecule has 0 radical (unpaired) electrons. The van der Waals surface area contributed by atoms with Crippen LogP contribution >= 0.6 is 11.3 Å². The van der Waals surface area contributed by atoms with Crippen LogP contribution in [0.1, 0.15) is 103 Å². The molecule has 0 saturated carbocycles. The Bertz CT molecular complexity index is 1590. The Kier molecular flexibility index (Phi) is 14.9. The van der Waals surface area contributed by atoms with E-state index in [1.54, 1.807) is 0 Å². The maximum atomic E-state index is 13.9. The van der Waals surface area contributed by atoms with Crippen molar-refractivity contribution in [1.82, 2.24) is 14.8 Å². The standard InChI is InChI=1S/C33H44F3N3O3.C5H3F3OS/c1-3-5-22-42-23-17-24-11-6-7-12-26(24)25-15-20-38(21-16-25)31(40)27-13-9-19-39(29(27)10-4-2)32(41)30-28(33(34,35)36)14-8-18-37-30;6-5(7,8)4-1-3(9)2-10-4/h6-8,11-12,14,18,25,27,29H,3-5,9-10,13,15-17,19-23H2,1-2H3;1-2,9H. The fraction of sp³-hybridized carbons (Fsp3) is 0.553. The molecule has 2 unspecified atom stereocenters. The average Bonchev–Trinajstić information content (AvgIpc) is 3.58. The van der Waals surface area contributed by atoms with Crippen LogP contribution in [0, 0.1) is 5.92 Å². The number of rotatable bonds is 11. The van der Waals surface area contributed by atoms with E-state index in [0.29, 0.717) is 75.2 Å². The fourth-order valence-corrected chi connectivity index (χ4v) is 7.64. The van der Waals surface area contributed by atoms with Gasteiger partial charge in [0.2, 0.25) is 5.91 Å². The number of aromatic nitrogens is 1. The van der Waals surface area contributed by atoms with E-state index in [9.17, 15) is 35.9 Å². The lowest BCUT2D eigenvalue weighted by Gasteiger charge is -2.43. The van der Waals surface area contributed by atoms with E-state index in [4.69, 9.17) is 9.84 Å². The number of thiophene rings is 1. The lowest BCUT2D eigenvalue weighted by molar-refractivity contribution is -0.141. The number of benzene rings is 1. The summed E-state index contributed by atoms with van der Waals surface area (Å²) >= 11 is 0.481. The predicted octanol–water partition coefficient (Wildman–Crippen LogP) is 9.36. The number of piperidine rings is 2. The Balaban J connectivity index is 0.000000521. The minimum atomic E-state index is -4.68. The third-order valence-corrected chi connectivity index (χ3v) is 10.5. The molecule has 7 nitrogen and oxygen atoms in total. The molecule has 2 aliphatic rings. The van der Waals surface area contributed by atoms with Crippen LogP contribution in [0.4, 0.5) is 26.3 Å². The van der Waals surface area contributed by atoms with Crippen LogP contribution in [-0.4, -0.2) is 70.6 Å². The highest BCUT2D eigenvalue weighted by Gasteiger charge is 2.43. The van der Waals surface area contributed by atoms with Crippen molar-refractivity contribution in [2.75, 3.05) is 32.8 Å². The number of carbonyl (C=O) groups excluding carboxylic acids is 2. The van der Waals surface area contributed by atoms with Gasteiger partial charge in [-0.15, -0.1) is 11.3 Å². The molecule has 2 aromatic heterocycles. The zero-order chi connectivity index (χ0) is 37.9. The Morgan fingerprint density at radius 1 is 0.942 bits per heavy atom. The van der Waals surface area contributed by atoms with Gasteiger partial charge in [-0.1, -0.05) is 51.0 Å². The molecule has 2 atom stereocenters. The number of hydrogen-bond acceptors (Lipinski definition) is 6. The first-order chi connectivity index (χ1) is 24.8. The number of ether oxygens (including phenoxy) is 1. The van der Waals surface area contributed by atoms with Gasteiger partial charge in [-0.05, 0) is 74.1 Å². The van der Waals surface area contributed by atoms with Crippen LogP contribution < -0.4 is 0 Å². The average molecular weight is 756 g/mol. The second-order valence-electron chi connectivity index (χ2n) is 13.2. The first-order valence-electron chi connectivity index (χ1n) is 17.9. The highest BCUT2D eigenvalue weighted by Crippen LogP contribution is 2.37. The molecule has 1 aromatic carbocycles. The zero-order valence-corrected chi connectivity index (χ0v) is 30.3. The van der Waals surface area contributed by atoms with Crippen molar-refractivity contribution in [3.63, 3.8) is 0 Å². The second kappa shape index (κ2) is 18.9. The van der Waals surface area contributed by atoms with Crippen molar-refractivity contribution >= 4 is 23.2 Å². The van der Waals surface area contributed by atoms with E-state index in [-0.39, 0.29) is 11.7 Å². The monoisotopic (exact) mass is 755 g/mol. The van der Waals surface area contributed by atoms with Gasteiger partial charge < -0.3 is 19.6 Å². The third-order valence-electron chi connectivity index (χ3n) is 9.58. The molecule has 14 heteroatoms. The molecule has 4 heterocycles. The van der Waals surface area contributed by atoms with Crippen molar-refractivity contribution in [2.24, 2.45) is 5.92 Å². The van der Waals surface area contributed by atoms with E-state index in [0.717, 1.165) is 50.2 Å². The van der Waals surface area contributed by atoms with Crippen LogP contribution in [0.15, 0.2) is 54.0 Å². The molecule has 2 amide bonds. The summed E-state index contributed by atoms with van der Waals surface area (Å²) in [5.41, 5.74) is 1.01. The summed E-state index contributed by atoms with van der Waals surface area (Å²) in [6.45, 7) is 7.19. The van der Waals surface area contributed by atoms with Gasteiger partial charge >= 0.3 is 12.4 Å². The third kappa shape index (κ3) is 10.9.